The molecule has 0 atom stereocenters. The average molecular weight is 462 g/mol. The van der Waals surface area contributed by atoms with Crippen LogP contribution in [0.2, 0.25) is 0 Å². The van der Waals surface area contributed by atoms with Crippen LogP contribution >= 0.6 is 22.6 Å². The van der Waals surface area contributed by atoms with Gasteiger partial charge in [-0.1, -0.05) is 25.1 Å². The molecule has 1 heterocycles. The lowest BCUT2D eigenvalue weighted by Gasteiger charge is -2.43. The number of rotatable bonds is 4. The molecule has 0 aliphatic carbocycles. The highest BCUT2D eigenvalue weighted by Crippen LogP contribution is 2.40. The van der Waals surface area contributed by atoms with Crippen molar-refractivity contribution in [1.29, 1.82) is 0 Å². The fourth-order valence-corrected chi connectivity index (χ4v) is 4.07. The summed E-state index contributed by atoms with van der Waals surface area (Å²) in [4.78, 5) is 6.78. The van der Waals surface area contributed by atoms with Crippen molar-refractivity contribution in [2.75, 3.05) is 11.4 Å². The zero-order valence-corrected chi connectivity index (χ0v) is 17.8. The van der Waals surface area contributed by atoms with Crippen molar-refractivity contribution in [1.82, 2.24) is 0 Å². The van der Waals surface area contributed by atoms with Gasteiger partial charge in [0.1, 0.15) is 5.82 Å². The van der Waals surface area contributed by atoms with E-state index in [1.165, 1.54) is 5.57 Å². The molecule has 3 rings (SSSR count). The first-order valence-corrected chi connectivity index (χ1v) is 10.0. The second-order valence-electron chi connectivity index (χ2n) is 7.23. The number of hydrogen-bond acceptors (Lipinski definition) is 2. The summed E-state index contributed by atoms with van der Waals surface area (Å²) in [7, 11) is 0. The maximum Gasteiger partial charge on any atom is 0.134 e. The SMILES string of the molecule is CCCN1c2cc(F)c(C=Nc3ccccc3I)cc2C(C)=CC1(C)C. The molecule has 0 radical (unpaired) electrons. The molecule has 0 N–H and O–H groups in total. The molecule has 136 valence electrons. The summed E-state index contributed by atoms with van der Waals surface area (Å²) in [6.45, 7) is 9.51. The fourth-order valence-electron chi connectivity index (χ4n) is 3.54. The quantitative estimate of drug-likeness (QED) is 0.370. The lowest BCUT2D eigenvalue weighted by molar-refractivity contribution is 0.546. The normalized spacial score (nSPS) is 15.9. The molecule has 0 fully saturated rings. The molecule has 2 aromatic rings. The summed E-state index contributed by atoms with van der Waals surface area (Å²) in [5.41, 5.74) is 4.50. The Morgan fingerprint density at radius 1 is 1.23 bits per heavy atom. The minimum Gasteiger partial charge on any atom is -0.362 e. The van der Waals surface area contributed by atoms with Crippen LogP contribution in [-0.4, -0.2) is 18.3 Å². The van der Waals surface area contributed by atoms with Crippen molar-refractivity contribution in [2.45, 2.75) is 39.7 Å². The molecule has 0 amide bonds. The Hall–Kier alpha value is -1.69. The molecule has 4 heteroatoms. The van der Waals surface area contributed by atoms with Gasteiger partial charge >= 0.3 is 0 Å². The molecule has 0 saturated carbocycles. The highest BCUT2D eigenvalue weighted by molar-refractivity contribution is 14.1. The van der Waals surface area contributed by atoms with Gasteiger partial charge in [0, 0.05) is 33.1 Å². The van der Waals surface area contributed by atoms with Gasteiger partial charge in [0.15, 0.2) is 0 Å². The van der Waals surface area contributed by atoms with Gasteiger partial charge in [0.05, 0.1) is 11.2 Å². The van der Waals surface area contributed by atoms with Crippen LogP contribution in [0.1, 0.15) is 45.2 Å². The third-order valence-electron chi connectivity index (χ3n) is 4.74. The first-order valence-electron chi connectivity index (χ1n) is 8.93. The number of nitrogens with zero attached hydrogens (tertiary/aromatic N) is 2. The number of allylic oxidation sites excluding steroid dienone is 1. The van der Waals surface area contributed by atoms with Crippen molar-refractivity contribution in [3.63, 3.8) is 0 Å². The minimum absolute atomic E-state index is 0.116. The van der Waals surface area contributed by atoms with E-state index in [2.05, 4.69) is 66.3 Å². The standard InChI is InChI=1S/C22H24FIN2/c1-5-10-26-21-12-18(23)16(11-17(21)15(2)13-22(26,3)4)14-25-20-9-7-6-8-19(20)24/h6-9,11-14H,5,10H2,1-4H3. The number of anilines is 1. The number of hydrogen-bond donors (Lipinski definition) is 0. The lowest BCUT2D eigenvalue weighted by Crippen LogP contribution is -2.45. The van der Waals surface area contributed by atoms with Crippen molar-refractivity contribution in [2.24, 2.45) is 4.99 Å². The van der Waals surface area contributed by atoms with Gasteiger partial charge in [0.2, 0.25) is 0 Å². The van der Waals surface area contributed by atoms with Crippen molar-refractivity contribution >= 4 is 45.8 Å². The van der Waals surface area contributed by atoms with E-state index in [4.69, 9.17) is 0 Å². The van der Waals surface area contributed by atoms with E-state index in [0.29, 0.717) is 5.56 Å². The van der Waals surface area contributed by atoms with Gasteiger partial charge < -0.3 is 4.90 Å². The third kappa shape index (κ3) is 3.70. The Labute approximate surface area is 169 Å². The van der Waals surface area contributed by atoms with E-state index in [1.54, 1.807) is 12.3 Å². The zero-order chi connectivity index (χ0) is 18.9. The molecule has 26 heavy (non-hydrogen) atoms. The molecular formula is C22H24FIN2. The third-order valence-corrected chi connectivity index (χ3v) is 5.65. The summed E-state index contributed by atoms with van der Waals surface area (Å²) in [5.74, 6) is -0.231. The Kier molecular flexibility index (Phi) is 5.51. The van der Waals surface area contributed by atoms with Crippen LogP contribution in [0.25, 0.3) is 5.57 Å². The van der Waals surface area contributed by atoms with Gasteiger partial charge in [0.25, 0.3) is 0 Å². The summed E-state index contributed by atoms with van der Waals surface area (Å²) in [6.07, 6.45) is 4.92. The lowest BCUT2D eigenvalue weighted by atomic mass is 9.87. The van der Waals surface area contributed by atoms with Crippen LogP contribution in [0.5, 0.6) is 0 Å². The number of fused-ring (bicyclic) bond motifs is 1. The summed E-state index contributed by atoms with van der Waals surface area (Å²) < 4.78 is 15.9. The van der Waals surface area contributed by atoms with Crippen molar-refractivity contribution < 1.29 is 4.39 Å². The predicted molar refractivity (Wildman–Crippen MR) is 118 cm³/mol. The van der Waals surface area contributed by atoms with Gasteiger partial charge in [-0.15, -0.1) is 0 Å². The minimum atomic E-state index is -0.231. The maximum absolute atomic E-state index is 14.8. The monoisotopic (exact) mass is 462 g/mol. The molecule has 0 saturated heterocycles. The molecule has 0 unspecified atom stereocenters. The predicted octanol–water partition coefficient (Wildman–Crippen LogP) is 6.59. The molecule has 0 bridgehead atoms. The van der Waals surface area contributed by atoms with Crippen LogP contribution in [-0.2, 0) is 0 Å². The largest absolute Gasteiger partial charge is 0.362 e. The van der Waals surface area contributed by atoms with Crippen LogP contribution < -0.4 is 4.90 Å². The van der Waals surface area contributed by atoms with Crippen LogP contribution in [0.15, 0.2) is 47.5 Å². The number of benzene rings is 2. The van der Waals surface area contributed by atoms with Gasteiger partial charge in [-0.25, -0.2) is 4.39 Å². The average Bonchev–Trinajstić information content (AvgIpc) is 2.58. The van der Waals surface area contributed by atoms with Crippen LogP contribution in [0.4, 0.5) is 15.8 Å². The van der Waals surface area contributed by atoms with Gasteiger partial charge in [-0.05, 0) is 79.6 Å². The highest BCUT2D eigenvalue weighted by atomic mass is 127. The smallest absolute Gasteiger partial charge is 0.134 e. The van der Waals surface area contributed by atoms with E-state index in [9.17, 15) is 4.39 Å². The molecular weight excluding hydrogens is 438 g/mol. The zero-order valence-electron chi connectivity index (χ0n) is 15.7. The van der Waals surface area contributed by atoms with E-state index in [1.807, 2.05) is 30.3 Å². The van der Waals surface area contributed by atoms with E-state index in [-0.39, 0.29) is 11.4 Å². The van der Waals surface area contributed by atoms with E-state index < -0.39 is 0 Å². The van der Waals surface area contributed by atoms with E-state index >= 15 is 0 Å². The van der Waals surface area contributed by atoms with Crippen LogP contribution in [0.3, 0.4) is 0 Å². The fraction of sp³-hybridized carbons (Fsp3) is 0.318. The first kappa shape index (κ1) is 19.1. The molecule has 0 spiro atoms. The second-order valence-corrected chi connectivity index (χ2v) is 8.40. The molecule has 1 aliphatic heterocycles. The molecule has 2 aromatic carbocycles. The Morgan fingerprint density at radius 3 is 2.65 bits per heavy atom. The number of halogens is 2. The van der Waals surface area contributed by atoms with Crippen LogP contribution in [0, 0.1) is 9.39 Å². The van der Waals surface area contributed by atoms with Gasteiger partial charge in [-0.2, -0.15) is 0 Å². The molecule has 1 aliphatic rings. The number of aliphatic imine (C=N–C) groups is 1. The maximum atomic E-state index is 14.8. The molecule has 0 aromatic heterocycles. The Morgan fingerprint density at radius 2 is 1.96 bits per heavy atom. The number of para-hydroxylation sites is 1. The topological polar surface area (TPSA) is 15.6 Å². The van der Waals surface area contributed by atoms with Crippen molar-refractivity contribution in [3.05, 3.63) is 63.0 Å². The Balaban J connectivity index is 2.04. The van der Waals surface area contributed by atoms with Crippen molar-refractivity contribution in [3.8, 4) is 0 Å². The summed E-state index contributed by atoms with van der Waals surface area (Å²) >= 11 is 2.24. The van der Waals surface area contributed by atoms with E-state index in [0.717, 1.165) is 33.5 Å². The first-order chi connectivity index (χ1) is 12.3. The molecule has 2 nitrogen and oxygen atoms in total. The highest BCUT2D eigenvalue weighted by Gasteiger charge is 2.31. The second kappa shape index (κ2) is 7.51. The Bertz CT molecular complexity index is 884. The van der Waals surface area contributed by atoms with Gasteiger partial charge in [-0.3, -0.25) is 4.99 Å². The summed E-state index contributed by atoms with van der Waals surface area (Å²) in [5, 5.41) is 0. The summed E-state index contributed by atoms with van der Waals surface area (Å²) in [6, 6.07) is 11.4.